The monoisotopic (exact) mass is 325 g/mol. The molecular formula is C18H19N3O3. The van der Waals surface area contributed by atoms with Crippen LogP contribution in [0.15, 0.2) is 54.6 Å². The molecule has 1 aliphatic rings. The molecule has 1 aliphatic heterocycles. The van der Waals surface area contributed by atoms with Gasteiger partial charge in [-0.05, 0) is 5.56 Å². The number of benzene rings is 2. The molecular weight excluding hydrogens is 306 g/mol. The highest BCUT2D eigenvalue weighted by Gasteiger charge is 2.34. The van der Waals surface area contributed by atoms with E-state index in [9.17, 15) is 14.9 Å². The van der Waals surface area contributed by atoms with Gasteiger partial charge in [-0.1, -0.05) is 48.5 Å². The van der Waals surface area contributed by atoms with Gasteiger partial charge in [0.15, 0.2) is 0 Å². The fourth-order valence-electron chi connectivity index (χ4n) is 3.20. The van der Waals surface area contributed by atoms with Crippen molar-refractivity contribution < 1.29 is 9.72 Å². The highest BCUT2D eigenvalue weighted by molar-refractivity contribution is 5.80. The van der Waals surface area contributed by atoms with Crippen LogP contribution in [0.5, 0.6) is 0 Å². The number of nitrogens with two attached hydrogens (primary N) is 1. The topological polar surface area (TPSA) is 89.5 Å². The summed E-state index contributed by atoms with van der Waals surface area (Å²) in [5, 5.41) is 11.1. The third-order valence-corrected chi connectivity index (χ3v) is 4.48. The third-order valence-electron chi connectivity index (χ3n) is 4.48. The largest absolute Gasteiger partial charge is 0.340 e. The Hall–Kier alpha value is -2.73. The first-order valence-corrected chi connectivity index (χ1v) is 7.87. The quantitative estimate of drug-likeness (QED) is 0.688. The summed E-state index contributed by atoms with van der Waals surface area (Å²) in [5.74, 6) is -0.0286. The standard InChI is InChI=1S/C18H19N3O3/c19-16-12-20(11-15(16)13-6-2-1-3-7-13)18(22)10-14-8-4-5-9-17(14)21(23)24/h1-9,15-16H,10-12,19H2/t15-,16+/m0/s1. The molecule has 124 valence electrons. The minimum Gasteiger partial charge on any atom is -0.340 e. The van der Waals surface area contributed by atoms with Crippen LogP contribution in [0.4, 0.5) is 5.69 Å². The minimum absolute atomic E-state index is 0.0192. The molecule has 2 aromatic rings. The van der Waals surface area contributed by atoms with Crippen LogP contribution in [-0.4, -0.2) is 34.9 Å². The zero-order valence-electron chi connectivity index (χ0n) is 13.2. The summed E-state index contributed by atoms with van der Waals surface area (Å²) in [6.07, 6.45) is 0.0192. The van der Waals surface area contributed by atoms with Crippen molar-refractivity contribution in [3.8, 4) is 0 Å². The molecule has 0 spiro atoms. The lowest BCUT2D eigenvalue weighted by Crippen LogP contribution is -2.33. The smallest absolute Gasteiger partial charge is 0.273 e. The van der Waals surface area contributed by atoms with Crippen molar-refractivity contribution in [2.24, 2.45) is 5.73 Å². The number of nitro groups is 1. The Morgan fingerprint density at radius 3 is 2.50 bits per heavy atom. The van der Waals surface area contributed by atoms with Gasteiger partial charge >= 0.3 is 0 Å². The number of carbonyl (C=O) groups excluding carboxylic acids is 1. The van der Waals surface area contributed by atoms with Crippen LogP contribution in [0.2, 0.25) is 0 Å². The Labute approximate surface area is 140 Å². The van der Waals surface area contributed by atoms with Gasteiger partial charge in [-0.25, -0.2) is 0 Å². The molecule has 1 amide bonds. The van der Waals surface area contributed by atoms with Crippen molar-refractivity contribution in [1.82, 2.24) is 4.90 Å². The highest BCUT2D eigenvalue weighted by atomic mass is 16.6. The summed E-state index contributed by atoms with van der Waals surface area (Å²) in [5.41, 5.74) is 7.74. The van der Waals surface area contributed by atoms with Crippen LogP contribution in [0.3, 0.4) is 0 Å². The third kappa shape index (κ3) is 3.28. The van der Waals surface area contributed by atoms with Crippen molar-refractivity contribution >= 4 is 11.6 Å². The number of amides is 1. The van der Waals surface area contributed by atoms with Crippen molar-refractivity contribution in [3.63, 3.8) is 0 Å². The van der Waals surface area contributed by atoms with Gasteiger partial charge in [0.25, 0.3) is 5.69 Å². The second kappa shape index (κ2) is 6.80. The number of carbonyl (C=O) groups is 1. The SMILES string of the molecule is N[C@@H]1CN(C(=O)Cc2ccccc2[N+](=O)[O-])C[C@H]1c1ccccc1. The Kier molecular flexibility index (Phi) is 4.57. The number of nitrogens with zero attached hydrogens (tertiary/aromatic N) is 2. The molecule has 2 atom stereocenters. The molecule has 3 rings (SSSR count). The number of para-hydroxylation sites is 1. The average Bonchev–Trinajstić information content (AvgIpc) is 2.98. The number of hydrogen-bond donors (Lipinski definition) is 1. The van der Waals surface area contributed by atoms with E-state index in [1.54, 1.807) is 23.1 Å². The molecule has 1 heterocycles. The van der Waals surface area contributed by atoms with E-state index in [2.05, 4.69) is 0 Å². The molecule has 0 aromatic heterocycles. The molecule has 2 N–H and O–H groups in total. The molecule has 1 saturated heterocycles. The lowest BCUT2D eigenvalue weighted by molar-refractivity contribution is -0.385. The normalized spacial score (nSPS) is 20.1. The van der Waals surface area contributed by atoms with Gasteiger partial charge in [0.1, 0.15) is 0 Å². The van der Waals surface area contributed by atoms with Crippen LogP contribution in [-0.2, 0) is 11.2 Å². The Morgan fingerprint density at radius 1 is 1.12 bits per heavy atom. The fourth-order valence-corrected chi connectivity index (χ4v) is 3.20. The second-order valence-corrected chi connectivity index (χ2v) is 6.04. The van der Waals surface area contributed by atoms with Crippen LogP contribution < -0.4 is 5.73 Å². The molecule has 0 radical (unpaired) electrons. The van der Waals surface area contributed by atoms with E-state index < -0.39 is 4.92 Å². The zero-order chi connectivity index (χ0) is 17.1. The maximum absolute atomic E-state index is 12.6. The van der Waals surface area contributed by atoms with Gasteiger partial charge < -0.3 is 10.6 Å². The summed E-state index contributed by atoms with van der Waals surface area (Å²) in [6, 6.07) is 16.1. The second-order valence-electron chi connectivity index (χ2n) is 6.04. The van der Waals surface area contributed by atoms with Crippen molar-refractivity contribution in [2.75, 3.05) is 13.1 Å². The lowest BCUT2D eigenvalue weighted by Gasteiger charge is -2.16. The van der Waals surface area contributed by atoms with E-state index in [1.807, 2.05) is 30.3 Å². The van der Waals surface area contributed by atoms with Gasteiger partial charge in [-0.2, -0.15) is 0 Å². The molecule has 6 heteroatoms. The van der Waals surface area contributed by atoms with E-state index in [1.165, 1.54) is 6.07 Å². The first-order chi connectivity index (χ1) is 11.6. The number of likely N-dealkylation sites (tertiary alicyclic amines) is 1. The molecule has 6 nitrogen and oxygen atoms in total. The molecule has 1 fully saturated rings. The Morgan fingerprint density at radius 2 is 1.79 bits per heavy atom. The van der Waals surface area contributed by atoms with Gasteiger partial charge in [0, 0.05) is 36.7 Å². The summed E-state index contributed by atoms with van der Waals surface area (Å²) in [7, 11) is 0. The average molecular weight is 325 g/mol. The number of hydrogen-bond acceptors (Lipinski definition) is 4. The van der Waals surface area contributed by atoms with Crippen molar-refractivity contribution in [3.05, 3.63) is 75.8 Å². The van der Waals surface area contributed by atoms with Crippen molar-refractivity contribution in [2.45, 2.75) is 18.4 Å². The van der Waals surface area contributed by atoms with Gasteiger partial charge in [0.05, 0.1) is 11.3 Å². The molecule has 0 aliphatic carbocycles. The predicted molar refractivity (Wildman–Crippen MR) is 90.5 cm³/mol. The molecule has 2 aromatic carbocycles. The maximum atomic E-state index is 12.6. The van der Waals surface area contributed by atoms with E-state index in [0.717, 1.165) is 5.56 Å². The van der Waals surface area contributed by atoms with E-state index in [4.69, 9.17) is 5.73 Å². The summed E-state index contributed by atoms with van der Waals surface area (Å²) >= 11 is 0. The summed E-state index contributed by atoms with van der Waals surface area (Å²) in [4.78, 5) is 24.9. The molecule has 0 saturated carbocycles. The lowest BCUT2D eigenvalue weighted by atomic mass is 9.95. The fraction of sp³-hybridized carbons (Fsp3) is 0.278. The van der Waals surface area contributed by atoms with Gasteiger partial charge in [-0.15, -0.1) is 0 Å². The van der Waals surface area contributed by atoms with Gasteiger partial charge in [0.2, 0.25) is 5.91 Å². The first-order valence-electron chi connectivity index (χ1n) is 7.87. The molecule has 0 bridgehead atoms. The Bertz CT molecular complexity index is 748. The maximum Gasteiger partial charge on any atom is 0.273 e. The van der Waals surface area contributed by atoms with E-state index in [0.29, 0.717) is 18.7 Å². The summed E-state index contributed by atoms with van der Waals surface area (Å²) in [6.45, 7) is 1.02. The van der Waals surface area contributed by atoms with E-state index >= 15 is 0 Å². The zero-order valence-corrected chi connectivity index (χ0v) is 13.2. The van der Waals surface area contributed by atoms with Crippen LogP contribution in [0, 0.1) is 10.1 Å². The first kappa shape index (κ1) is 16.1. The van der Waals surface area contributed by atoms with Gasteiger partial charge in [-0.3, -0.25) is 14.9 Å². The van der Waals surface area contributed by atoms with Crippen LogP contribution in [0.25, 0.3) is 0 Å². The van der Waals surface area contributed by atoms with Crippen molar-refractivity contribution in [1.29, 1.82) is 0 Å². The minimum atomic E-state index is -0.453. The highest BCUT2D eigenvalue weighted by Crippen LogP contribution is 2.27. The summed E-state index contributed by atoms with van der Waals surface area (Å²) < 4.78 is 0. The Balaban J connectivity index is 1.72. The predicted octanol–water partition coefficient (Wildman–Crippen LogP) is 2.09. The number of nitro benzene ring substituents is 1. The van der Waals surface area contributed by atoms with E-state index in [-0.39, 0.29) is 30.0 Å². The van der Waals surface area contributed by atoms with Crippen LogP contribution in [0.1, 0.15) is 17.0 Å². The molecule has 24 heavy (non-hydrogen) atoms. The van der Waals surface area contributed by atoms with Crippen LogP contribution >= 0.6 is 0 Å². The number of rotatable bonds is 4. The molecule has 0 unspecified atom stereocenters.